The minimum Gasteiger partial charge on any atom is -0.313 e. The van der Waals surface area contributed by atoms with E-state index in [2.05, 4.69) is 44.8 Å². The second kappa shape index (κ2) is 6.61. The Morgan fingerprint density at radius 2 is 2.00 bits per heavy atom. The highest BCUT2D eigenvalue weighted by atomic mass is 15.2. The van der Waals surface area contributed by atoms with Gasteiger partial charge in [-0.1, -0.05) is 20.8 Å². The molecule has 2 heteroatoms. The summed E-state index contributed by atoms with van der Waals surface area (Å²) in [4.78, 5) is 2.70. The molecule has 0 aliphatic carbocycles. The van der Waals surface area contributed by atoms with Gasteiger partial charge in [0.15, 0.2) is 0 Å². The van der Waals surface area contributed by atoms with Gasteiger partial charge in [0.2, 0.25) is 0 Å². The van der Waals surface area contributed by atoms with Crippen molar-refractivity contribution in [3.8, 4) is 0 Å². The Bertz CT molecular complexity index is 191. The first-order valence-corrected chi connectivity index (χ1v) is 7.03. The van der Waals surface area contributed by atoms with Crippen LogP contribution in [0.5, 0.6) is 0 Å². The lowest BCUT2D eigenvalue weighted by molar-refractivity contribution is 0.142. The Hall–Kier alpha value is -0.0800. The maximum absolute atomic E-state index is 3.71. The molecule has 0 amide bonds. The van der Waals surface area contributed by atoms with E-state index in [0.29, 0.717) is 6.04 Å². The minimum absolute atomic E-state index is 0.693. The molecule has 1 rings (SSSR count). The molecule has 0 aromatic heterocycles. The largest absolute Gasteiger partial charge is 0.313 e. The van der Waals surface area contributed by atoms with Crippen molar-refractivity contribution in [2.45, 2.75) is 72.0 Å². The molecule has 1 saturated heterocycles. The third-order valence-corrected chi connectivity index (χ3v) is 3.91. The van der Waals surface area contributed by atoms with E-state index in [1.54, 1.807) is 0 Å². The number of nitrogens with one attached hydrogen (secondary N) is 1. The standard InChI is InChI=1S/C14H30N2/c1-6-12(4)16-10-14(9-11(2)3)15-8-7-13(16)5/h11-15H,6-10H2,1-5H3. The first kappa shape index (κ1) is 14.0. The molecule has 96 valence electrons. The van der Waals surface area contributed by atoms with Crippen LogP contribution in [0.3, 0.4) is 0 Å². The Morgan fingerprint density at radius 3 is 2.56 bits per heavy atom. The molecule has 0 bridgehead atoms. The van der Waals surface area contributed by atoms with E-state index >= 15 is 0 Å². The van der Waals surface area contributed by atoms with Crippen LogP contribution in [0.4, 0.5) is 0 Å². The number of rotatable bonds is 4. The van der Waals surface area contributed by atoms with Gasteiger partial charge in [-0.2, -0.15) is 0 Å². The molecule has 2 nitrogen and oxygen atoms in total. The zero-order valence-electron chi connectivity index (χ0n) is 11.8. The number of nitrogens with zero attached hydrogens (tertiary/aromatic N) is 1. The molecule has 1 N–H and O–H groups in total. The average Bonchev–Trinajstić information content (AvgIpc) is 2.39. The Balaban J connectivity index is 2.58. The molecule has 16 heavy (non-hydrogen) atoms. The van der Waals surface area contributed by atoms with Gasteiger partial charge in [0.25, 0.3) is 0 Å². The summed E-state index contributed by atoms with van der Waals surface area (Å²) in [6.07, 6.45) is 3.86. The molecular weight excluding hydrogens is 196 g/mol. The van der Waals surface area contributed by atoms with Gasteiger partial charge in [-0.3, -0.25) is 4.90 Å². The van der Waals surface area contributed by atoms with Crippen LogP contribution < -0.4 is 5.32 Å². The molecule has 3 unspecified atom stereocenters. The summed E-state index contributed by atoms with van der Waals surface area (Å²) in [6.45, 7) is 14.1. The fourth-order valence-electron chi connectivity index (χ4n) is 2.74. The van der Waals surface area contributed by atoms with Crippen LogP contribution in [0.15, 0.2) is 0 Å². The van der Waals surface area contributed by atoms with Crippen molar-refractivity contribution in [2.24, 2.45) is 5.92 Å². The average molecular weight is 226 g/mol. The Morgan fingerprint density at radius 1 is 1.31 bits per heavy atom. The van der Waals surface area contributed by atoms with Crippen LogP contribution in [-0.2, 0) is 0 Å². The third kappa shape index (κ3) is 4.06. The van der Waals surface area contributed by atoms with Gasteiger partial charge in [-0.05, 0) is 45.6 Å². The van der Waals surface area contributed by atoms with Crippen molar-refractivity contribution in [1.29, 1.82) is 0 Å². The second-order valence-corrected chi connectivity index (χ2v) is 5.87. The van der Waals surface area contributed by atoms with Crippen molar-refractivity contribution in [3.63, 3.8) is 0 Å². The van der Waals surface area contributed by atoms with Crippen LogP contribution in [-0.4, -0.2) is 36.1 Å². The molecule has 1 aliphatic rings. The maximum atomic E-state index is 3.71. The fraction of sp³-hybridized carbons (Fsp3) is 1.00. The molecule has 1 fully saturated rings. The summed E-state index contributed by atoms with van der Waals surface area (Å²) in [6, 6.07) is 2.16. The second-order valence-electron chi connectivity index (χ2n) is 5.87. The zero-order valence-corrected chi connectivity index (χ0v) is 11.8. The molecule has 0 aromatic rings. The van der Waals surface area contributed by atoms with Crippen LogP contribution in [0.2, 0.25) is 0 Å². The van der Waals surface area contributed by atoms with Crippen LogP contribution in [0, 0.1) is 5.92 Å². The topological polar surface area (TPSA) is 15.3 Å². The smallest absolute Gasteiger partial charge is 0.0197 e. The van der Waals surface area contributed by atoms with Gasteiger partial charge < -0.3 is 5.32 Å². The van der Waals surface area contributed by atoms with Crippen LogP contribution >= 0.6 is 0 Å². The molecule has 0 aromatic carbocycles. The molecule has 0 radical (unpaired) electrons. The van der Waals surface area contributed by atoms with E-state index in [4.69, 9.17) is 0 Å². The predicted molar refractivity (Wildman–Crippen MR) is 71.8 cm³/mol. The van der Waals surface area contributed by atoms with Crippen LogP contribution in [0.25, 0.3) is 0 Å². The van der Waals surface area contributed by atoms with E-state index in [1.807, 2.05) is 0 Å². The van der Waals surface area contributed by atoms with E-state index in [0.717, 1.165) is 18.0 Å². The minimum atomic E-state index is 0.693. The highest BCUT2D eigenvalue weighted by Gasteiger charge is 2.25. The molecule has 0 spiro atoms. The highest BCUT2D eigenvalue weighted by Crippen LogP contribution is 2.17. The van der Waals surface area contributed by atoms with Gasteiger partial charge in [-0.25, -0.2) is 0 Å². The van der Waals surface area contributed by atoms with Crippen LogP contribution in [0.1, 0.15) is 53.9 Å². The summed E-state index contributed by atoms with van der Waals surface area (Å²) in [7, 11) is 0. The Kier molecular flexibility index (Phi) is 5.77. The van der Waals surface area contributed by atoms with E-state index in [9.17, 15) is 0 Å². The normalized spacial score (nSPS) is 30.4. The lowest BCUT2D eigenvalue weighted by atomic mass is 10.0. The van der Waals surface area contributed by atoms with E-state index < -0.39 is 0 Å². The molecule has 3 atom stereocenters. The van der Waals surface area contributed by atoms with Gasteiger partial charge in [0, 0.05) is 24.7 Å². The summed E-state index contributed by atoms with van der Waals surface area (Å²) in [5.74, 6) is 0.796. The van der Waals surface area contributed by atoms with Crippen molar-refractivity contribution in [2.75, 3.05) is 13.1 Å². The third-order valence-electron chi connectivity index (χ3n) is 3.91. The van der Waals surface area contributed by atoms with E-state index in [-0.39, 0.29) is 0 Å². The SMILES string of the molecule is CCC(C)N1CC(CC(C)C)NCCC1C. The van der Waals surface area contributed by atoms with Crippen molar-refractivity contribution < 1.29 is 0 Å². The fourth-order valence-corrected chi connectivity index (χ4v) is 2.74. The van der Waals surface area contributed by atoms with Crippen molar-refractivity contribution >= 4 is 0 Å². The van der Waals surface area contributed by atoms with Crippen molar-refractivity contribution in [1.82, 2.24) is 10.2 Å². The predicted octanol–water partition coefficient (Wildman–Crippen LogP) is 2.88. The molecule has 0 saturated carbocycles. The monoisotopic (exact) mass is 226 g/mol. The van der Waals surface area contributed by atoms with Crippen molar-refractivity contribution in [3.05, 3.63) is 0 Å². The molecular formula is C14H30N2. The number of hydrogen-bond acceptors (Lipinski definition) is 2. The maximum Gasteiger partial charge on any atom is 0.0197 e. The van der Waals surface area contributed by atoms with E-state index in [1.165, 1.54) is 32.4 Å². The first-order chi connectivity index (χ1) is 7.54. The number of hydrogen-bond donors (Lipinski definition) is 1. The quantitative estimate of drug-likeness (QED) is 0.793. The lowest BCUT2D eigenvalue weighted by Gasteiger charge is -2.34. The van der Waals surface area contributed by atoms with Gasteiger partial charge >= 0.3 is 0 Å². The molecule has 1 heterocycles. The summed E-state index contributed by atoms with van der Waals surface area (Å²) >= 11 is 0. The highest BCUT2D eigenvalue weighted by molar-refractivity contribution is 4.84. The lowest BCUT2D eigenvalue weighted by Crippen LogP contribution is -2.45. The zero-order chi connectivity index (χ0) is 12.1. The van der Waals surface area contributed by atoms with Gasteiger partial charge in [-0.15, -0.1) is 0 Å². The summed E-state index contributed by atoms with van der Waals surface area (Å²) < 4.78 is 0. The first-order valence-electron chi connectivity index (χ1n) is 7.03. The summed E-state index contributed by atoms with van der Waals surface area (Å²) in [5, 5.41) is 3.71. The summed E-state index contributed by atoms with van der Waals surface area (Å²) in [5.41, 5.74) is 0. The van der Waals surface area contributed by atoms with Gasteiger partial charge in [0.05, 0.1) is 0 Å². The van der Waals surface area contributed by atoms with Gasteiger partial charge in [0.1, 0.15) is 0 Å². The molecule has 1 aliphatic heterocycles. The Labute approximate surface area is 102 Å².